The van der Waals surface area contributed by atoms with Crippen molar-refractivity contribution in [3.8, 4) is 11.3 Å². The second-order valence-electron chi connectivity index (χ2n) is 5.70. The summed E-state index contributed by atoms with van der Waals surface area (Å²) in [5.41, 5.74) is -3.74. The minimum absolute atomic E-state index is 0.00394. The molecule has 0 saturated heterocycles. The molecule has 0 aliphatic heterocycles. The van der Waals surface area contributed by atoms with E-state index in [0.29, 0.717) is 10.2 Å². The Labute approximate surface area is 136 Å². The maximum absolute atomic E-state index is 13.2. The molecule has 2 aromatic rings. The molecule has 0 radical (unpaired) electrons. The lowest BCUT2D eigenvalue weighted by atomic mass is 10.1. The van der Waals surface area contributed by atoms with Crippen LogP contribution < -0.4 is 5.56 Å². The Morgan fingerprint density at radius 3 is 2.42 bits per heavy atom. The lowest BCUT2D eigenvalue weighted by Gasteiger charge is -2.23. The van der Waals surface area contributed by atoms with E-state index in [0.717, 1.165) is 6.07 Å². The van der Waals surface area contributed by atoms with E-state index in [1.54, 1.807) is 30.3 Å². The van der Waals surface area contributed by atoms with Crippen LogP contribution in [0.2, 0.25) is 0 Å². The van der Waals surface area contributed by atoms with Gasteiger partial charge in [-0.05, 0) is 13.0 Å². The molecule has 1 heterocycles. The van der Waals surface area contributed by atoms with Crippen LogP contribution in [0.25, 0.3) is 11.3 Å². The Morgan fingerprint density at radius 1 is 1.25 bits per heavy atom. The molecule has 0 bridgehead atoms. The van der Waals surface area contributed by atoms with E-state index in [2.05, 4.69) is 5.10 Å². The Kier molecular flexibility index (Phi) is 5.10. The zero-order valence-corrected chi connectivity index (χ0v) is 13.2. The highest BCUT2D eigenvalue weighted by Crippen LogP contribution is 2.29. The molecule has 0 fully saturated rings. The summed E-state index contributed by atoms with van der Waals surface area (Å²) >= 11 is 0. The summed E-state index contributed by atoms with van der Waals surface area (Å²) in [7, 11) is 1.34. The van der Waals surface area contributed by atoms with Crippen LogP contribution in [0.15, 0.2) is 41.2 Å². The fraction of sp³-hybridized carbons (Fsp3) is 0.375. The average molecular weight is 342 g/mol. The quantitative estimate of drug-likeness (QED) is 0.906. The fourth-order valence-corrected chi connectivity index (χ4v) is 2.28. The fourth-order valence-electron chi connectivity index (χ4n) is 2.28. The minimum atomic E-state index is -4.82. The predicted octanol–water partition coefficient (Wildman–Crippen LogP) is 2.33. The van der Waals surface area contributed by atoms with Gasteiger partial charge in [-0.1, -0.05) is 30.3 Å². The first-order chi connectivity index (χ1) is 11.1. The number of alkyl halides is 3. The Bertz CT molecular complexity index is 755. The molecule has 0 aliphatic carbocycles. The van der Waals surface area contributed by atoms with Gasteiger partial charge in [-0.25, -0.2) is 4.68 Å². The van der Waals surface area contributed by atoms with Gasteiger partial charge in [0.1, 0.15) is 11.2 Å². The van der Waals surface area contributed by atoms with Gasteiger partial charge in [-0.2, -0.15) is 18.3 Å². The van der Waals surface area contributed by atoms with Crippen LogP contribution in [0.1, 0.15) is 12.5 Å². The zero-order valence-electron chi connectivity index (χ0n) is 13.2. The first kappa shape index (κ1) is 18.2. The number of hydrogen-bond donors (Lipinski definition) is 1. The number of methoxy groups -OCH3 is 1. The van der Waals surface area contributed by atoms with Crippen molar-refractivity contribution in [3.05, 3.63) is 52.3 Å². The van der Waals surface area contributed by atoms with Crippen molar-refractivity contribution in [1.29, 1.82) is 0 Å². The Balaban J connectivity index is 2.60. The van der Waals surface area contributed by atoms with Crippen molar-refractivity contribution in [1.82, 2.24) is 9.78 Å². The first-order valence-corrected chi connectivity index (χ1v) is 7.10. The van der Waals surface area contributed by atoms with E-state index in [1.807, 2.05) is 0 Å². The molecule has 24 heavy (non-hydrogen) atoms. The van der Waals surface area contributed by atoms with Crippen LogP contribution in [0.4, 0.5) is 13.2 Å². The lowest BCUT2D eigenvalue weighted by molar-refractivity contribution is -0.139. The van der Waals surface area contributed by atoms with Crippen molar-refractivity contribution in [2.75, 3.05) is 13.7 Å². The van der Waals surface area contributed by atoms with Crippen LogP contribution in [-0.4, -0.2) is 34.2 Å². The summed E-state index contributed by atoms with van der Waals surface area (Å²) in [6, 6.07) is 8.92. The van der Waals surface area contributed by atoms with Gasteiger partial charge in [-0.15, -0.1) is 0 Å². The molecule has 0 spiro atoms. The molecule has 1 atom stereocenters. The normalized spacial score (nSPS) is 14.4. The van der Waals surface area contributed by atoms with Crippen LogP contribution in [-0.2, 0) is 17.5 Å². The largest absolute Gasteiger partial charge is 0.421 e. The smallest absolute Gasteiger partial charge is 0.386 e. The molecule has 0 amide bonds. The third kappa shape index (κ3) is 4.21. The first-order valence-electron chi connectivity index (χ1n) is 7.10. The molecule has 2 rings (SSSR count). The number of aromatic nitrogens is 2. The number of hydrogen-bond acceptors (Lipinski definition) is 4. The number of benzene rings is 1. The zero-order chi connectivity index (χ0) is 18.0. The second kappa shape index (κ2) is 6.74. The number of ether oxygens (including phenoxy) is 1. The molecule has 5 nitrogen and oxygen atoms in total. The summed E-state index contributed by atoms with van der Waals surface area (Å²) in [6.45, 7) is 0.772. The van der Waals surface area contributed by atoms with Crippen molar-refractivity contribution >= 4 is 0 Å². The van der Waals surface area contributed by atoms with Crippen LogP contribution in [0.3, 0.4) is 0 Å². The van der Waals surface area contributed by atoms with Crippen molar-refractivity contribution < 1.29 is 23.0 Å². The van der Waals surface area contributed by atoms with Crippen molar-refractivity contribution in [3.63, 3.8) is 0 Å². The topological polar surface area (TPSA) is 64.3 Å². The van der Waals surface area contributed by atoms with Gasteiger partial charge in [0, 0.05) is 12.7 Å². The van der Waals surface area contributed by atoms with Gasteiger partial charge in [0.15, 0.2) is 0 Å². The van der Waals surface area contributed by atoms with Crippen molar-refractivity contribution in [2.24, 2.45) is 0 Å². The molecule has 1 aromatic carbocycles. The molecule has 8 heteroatoms. The summed E-state index contributed by atoms with van der Waals surface area (Å²) in [5.74, 6) is 0. The summed E-state index contributed by atoms with van der Waals surface area (Å²) in [6.07, 6.45) is -4.82. The van der Waals surface area contributed by atoms with Crippen molar-refractivity contribution in [2.45, 2.75) is 25.2 Å². The maximum atomic E-state index is 13.2. The Morgan fingerprint density at radius 2 is 1.88 bits per heavy atom. The maximum Gasteiger partial charge on any atom is 0.421 e. The van der Waals surface area contributed by atoms with Gasteiger partial charge in [0.05, 0.1) is 18.8 Å². The molecule has 1 unspecified atom stereocenters. The van der Waals surface area contributed by atoms with Gasteiger partial charge in [0.2, 0.25) is 0 Å². The predicted molar refractivity (Wildman–Crippen MR) is 81.4 cm³/mol. The second-order valence-corrected chi connectivity index (χ2v) is 5.70. The van der Waals surface area contributed by atoms with Crippen LogP contribution in [0, 0.1) is 0 Å². The molecule has 130 valence electrons. The standard InChI is InChI=1S/C16H17F3N2O3/c1-15(23,10-24-2)9-21-14(22)12(16(17,18)19)8-13(20-21)11-6-4-3-5-7-11/h3-8,23H,9-10H2,1-2H3. The third-order valence-electron chi connectivity index (χ3n) is 3.29. The SMILES string of the molecule is COCC(C)(O)Cn1nc(-c2ccccc2)cc(C(F)(F)F)c1=O. The summed E-state index contributed by atoms with van der Waals surface area (Å²) in [4.78, 5) is 12.1. The van der Waals surface area contributed by atoms with E-state index in [4.69, 9.17) is 4.74 Å². The molecular formula is C16H17F3N2O3. The number of rotatable bonds is 5. The van der Waals surface area contributed by atoms with E-state index in [1.165, 1.54) is 14.0 Å². The molecule has 1 N–H and O–H groups in total. The number of aliphatic hydroxyl groups is 1. The third-order valence-corrected chi connectivity index (χ3v) is 3.29. The highest BCUT2D eigenvalue weighted by atomic mass is 19.4. The van der Waals surface area contributed by atoms with E-state index >= 15 is 0 Å². The molecular weight excluding hydrogens is 325 g/mol. The van der Waals surface area contributed by atoms with Crippen LogP contribution in [0.5, 0.6) is 0 Å². The highest BCUT2D eigenvalue weighted by Gasteiger charge is 2.36. The number of nitrogens with zero attached hydrogens (tertiary/aromatic N) is 2. The van der Waals surface area contributed by atoms with E-state index in [9.17, 15) is 23.1 Å². The van der Waals surface area contributed by atoms with Gasteiger partial charge in [0.25, 0.3) is 5.56 Å². The van der Waals surface area contributed by atoms with Gasteiger partial charge < -0.3 is 9.84 Å². The summed E-state index contributed by atoms with van der Waals surface area (Å²) in [5, 5.41) is 14.1. The van der Waals surface area contributed by atoms with E-state index in [-0.39, 0.29) is 12.3 Å². The highest BCUT2D eigenvalue weighted by molar-refractivity contribution is 5.59. The van der Waals surface area contributed by atoms with Crippen LogP contribution >= 0.6 is 0 Å². The average Bonchev–Trinajstić information content (AvgIpc) is 2.48. The molecule has 0 aliphatic rings. The molecule has 0 saturated carbocycles. The Hall–Kier alpha value is -2.19. The number of halogens is 3. The molecule has 1 aromatic heterocycles. The van der Waals surface area contributed by atoms with E-state index < -0.39 is 29.4 Å². The van der Waals surface area contributed by atoms with Gasteiger partial charge in [-0.3, -0.25) is 4.79 Å². The minimum Gasteiger partial charge on any atom is -0.386 e. The van der Waals surface area contributed by atoms with Gasteiger partial charge >= 0.3 is 6.18 Å². The monoisotopic (exact) mass is 342 g/mol. The lowest BCUT2D eigenvalue weighted by Crippen LogP contribution is -2.41. The summed E-state index contributed by atoms with van der Waals surface area (Å²) < 4.78 is 45.0.